The average molecular weight is 456 g/mol. The van der Waals surface area contributed by atoms with Crippen molar-refractivity contribution >= 4 is 33.2 Å². The Bertz CT molecular complexity index is 1150. The molecule has 2 aromatic carbocycles. The Morgan fingerprint density at radius 2 is 1.84 bits per heavy atom. The number of nitrogens with zero attached hydrogens (tertiary/aromatic N) is 2. The first-order valence-corrected chi connectivity index (χ1v) is 12.5. The van der Waals surface area contributed by atoms with Crippen molar-refractivity contribution in [1.29, 1.82) is 0 Å². The van der Waals surface area contributed by atoms with Gasteiger partial charge in [0.05, 0.1) is 10.8 Å². The number of sulfonamides is 1. The third-order valence-corrected chi connectivity index (χ3v) is 8.21. The van der Waals surface area contributed by atoms with Crippen LogP contribution in [0.25, 0.3) is 0 Å². The number of anilines is 2. The molecule has 2 heterocycles. The zero-order valence-electron chi connectivity index (χ0n) is 18.5. The van der Waals surface area contributed by atoms with Crippen LogP contribution in [0.3, 0.4) is 0 Å². The third kappa shape index (κ3) is 4.42. The van der Waals surface area contributed by atoms with Crippen LogP contribution >= 0.6 is 0 Å². The predicted octanol–water partition coefficient (Wildman–Crippen LogP) is 3.33. The highest BCUT2D eigenvalue weighted by Gasteiger charge is 2.34. The normalized spacial score (nSPS) is 19.3. The molecule has 0 aliphatic carbocycles. The van der Waals surface area contributed by atoms with Gasteiger partial charge in [0.25, 0.3) is 0 Å². The van der Waals surface area contributed by atoms with Crippen molar-refractivity contribution in [2.24, 2.45) is 5.92 Å². The molecule has 2 aliphatic heterocycles. The minimum Gasteiger partial charge on any atom is -0.326 e. The maximum absolute atomic E-state index is 13.4. The molecule has 4 rings (SSSR count). The molecule has 0 spiro atoms. The standard InChI is InChI=1S/C24H29N3O4S/c1-17-7-3-4-10-22(17)25-24(29)20-9-5-13-26(16-20)32(30,31)21-11-12-23-19(15-21)8-6-14-27(23)18(2)28/h3-4,7,10-12,15,20H,5-6,8-9,13-14,16H2,1-2H3,(H,25,29)/t20-/m1/s1. The molecule has 2 aliphatic rings. The molecule has 0 saturated carbocycles. The Labute approximate surface area is 189 Å². The summed E-state index contributed by atoms with van der Waals surface area (Å²) in [5, 5.41) is 2.95. The van der Waals surface area contributed by atoms with E-state index in [-0.39, 0.29) is 23.3 Å². The van der Waals surface area contributed by atoms with E-state index in [0.29, 0.717) is 25.9 Å². The van der Waals surface area contributed by atoms with E-state index in [1.165, 1.54) is 11.2 Å². The van der Waals surface area contributed by atoms with Gasteiger partial charge in [0, 0.05) is 37.9 Å². The lowest BCUT2D eigenvalue weighted by molar-refractivity contribution is -0.121. The van der Waals surface area contributed by atoms with Crippen molar-refractivity contribution in [3.63, 3.8) is 0 Å². The molecule has 32 heavy (non-hydrogen) atoms. The van der Waals surface area contributed by atoms with Crippen LogP contribution in [0.5, 0.6) is 0 Å². The molecule has 0 unspecified atom stereocenters. The first kappa shape index (κ1) is 22.5. The molecular weight excluding hydrogens is 426 g/mol. The van der Waals surface area contributed by atoms with E-state index in [1.54, 1.807) is 23.1 Å². The van der Waals surface area contributed by atoms with Crippen LogP contribution in [0, 0.1) is 12.8 Å². The van der Waals surface area contributed by atoms with Gasteiger partial charge in [0.2, 0.25) is 21.8 Å². The highest BCUT2D eigenvalue weighted by atomic mass is 32.2. The van der Waals surface area contributed by atoms with E-state index in [1.807, 2.05) is 31.2 Å². The number of amides is 2. The maximum Gasteiger partial charge on any atom is 0.243 e. The third-order valence-electron chi connectivity index (χ3n) is 6.35. The van der Waals surface area contributed by atoms with E-state index in [0.717, 1.165) is 35.3 Å². The van der Waals surface area contributed by atoms with Gasteiger partial charge < -0.3 is 10.2 Å². The second-order valence-electron chi connectivity index (χ2n) is 8.57. The van der Waals surface area contributed by atoms with Crippen LogP contribution in [0.2, 0.25) is 0 Å². The van der Waals surface area contributed by atoms with E-state index < -0.39 is 15.9 Å². The second kappa shape index (κ2) is 9.03. The number of rotatable bonds is 4. The van der Waals surface area contributed by atoms with Crippen molar-refractivity contribution in [1.82, 2.24) is 4.31 Å². The largest absolute Gasteiger partial charge is 0.326 e. The van der Waals surface area contributed by atoms with Gasteiger partial charge in [-0.05, 0) is 68.0 Å². The number of nitrogens with one attached hydrogen (secondary N) is 1. The van der Waals surface area contributed by atoms with Crippen molar-refractivity contribution in [2.75, 3.05) is 29.9 Å². The van der Waals surface area contributed by atoms with Crippen LogP contribution in [0.4, 0.5) is 11.4 Å². The summed E-state index contributed by atoms with van der Waals surface area (Å²) in [6, 6.07) is 12.6. The molecule has 1 atom stereocenters. The number of aryl methyl sites for hydroxylation is 2. The van der Waals surface area contributed by atoms with Gasteiger partial charge in [0.1, 0.15) is 0 Å². The molecule has 0 radical (unpaired) electrons. The molecular formula is C24H29N3O4S. The van der Waals surface area contributed by atoms with Crippen LogP contribution in [0.15, 0.2) is 47.4 Å². The van der Waals surface area contributed by atoms with Crippen molar-refractivity contribution < 1.29 is 18.0 Å². The van der Waals surface area contributed by atoms with Gasteiger partial charge in [-0.2, -0.15) is 4.31 Å². The molecule has 2 amide bonds. The molecule has 7 nitrogen and oxygen atoms in total. The Balaban J connectivity index is 1.52. The average Bonchev–Trinajstić information content (AvgIpc) is 2.79. The molecule has 1 saturated heterocycles. The summed E-state index contributed by atoms with van der Waals surface area (Å²) in [6.45, 7) is 4.66. The predicted molar refractivity (Wildman–Crippen MR) is 124 cm³/mol. The lowest BCUT2D eigenvalue weighted by atomic mass is 9.98. The number of benzene rings is 2. The van der Waals surface area contributed by atoms with Crippen molar-refractivity contribution in [3.8, 4) is 0 Å². The van der Waals surface area contributed by atoms with E-state index >= 15 is 0 Å². The number of para-hydroxylation sites is 1. The first-order valence-electron chi connectivity index (χ1n) is 11.0. The molecule has 1 N–H and O–H groups in total. The summed E-state index contributed by atoms with van der Waals surface area (Å²) in [4.78, 5) is 26.7. The van der Waals surface area contributed by atoms with Gasteiger partial charge in [-0.15, -0.1) is 0 Å². The fraction of sp³-hybridized carbons (Fsp3) is 0.417. The number of hydrogen-bond donors (Lipinski definition) is 1. The Morgan fingerprint density at radius 1 is 1.06 bits per heavy atom. The number of hydrogen-bond acceptors (Lipinski definition) is 4. The highest BCUT2D eigenvalue weighted by Crippen LogP contribution is 2.32. The van der Waals surface area contributed by atoms with Crippen molar-refractivity contribution in [2.45, 2.75) is 44.4 Å². The molecule has 170 valence electrons. The monoisotopic (exact) mass is 455 g/mol. The van der Waals surface area contributed by atoms with Crippen LogP contribution < -0.4 is 10.2 Å². The Morgan fingerprint density at radius 3 is 2.59 bits per heavy atom. The number of fused-ring (bicyclic) bond motifs is 1. The van der Waals surface area contributed by atoms with Crippen LogP contribution in [-0.4, -0.2) is 44.2 Å². The quantitative estimate of drug-likeness (QED) is 0.766. The molecule has 0 bridgehead atoms. The van der Waals surface area contributed by atoms with Gasteiger partial charge in [-0.1, -0.05) is 18.2 Å². The second-order valence-corrected chi connectivity index (χ2v) is 10.5. The van der Waals surface area contributed by atoms with Crippen molar-refractivity contribution in [3.05, 3.63) is 53.6 Å². The molecule has 2 aromatic rings. The molecule has 0 aromatic heterocycles. The molecule has 1 fully saturated rings. The summed E-state index contributed by atoms with van der Waals surface area (Å²) in [5.41, 5.74) is 3.38. The van der Waals surface area contributed by atoms with Crippen LogP contribution in [-0.2, 0) is 26.0 Å². The minimum atomic E-state index is -3.73. The number of piperidine rings is 1. The SMILES string of the molecule is CC(=O)N1CCCc2cc(S(=O)(=O)N3CCC[C@@H](C(=O)Nc4ccccc4C)C3)ccc21. The molecule has 8 heteroatoms. The Kier molecular flexibility index (Phi) is 6.35. The number of carbonyl (C=O) groups is 2. The van der Waals surface area contributed by atoms with Crippen LogP contribution in [0.1, 0.15) is 37.3 Å². The van der Waals surface area contributed by atoms with Gasteiger partial charge in [-0.25, -0.2) is 8.42 Å². The zero-order valence-corrected chi connectivity index (χ0v) is 19.3. The minimum absolute atomic E-state index is 0.0416. The van der Waals surface area contributed by atoms with Gasteiger partial charge >= 0.3 is 0 Å². The lowest BCUT2D eigenvalue weighted by Gasteiger charge is -2.32. The lowest BCUT2D eigenvalue weighted by Crippen LogP contribution is -2.43. The first-order chi connectivity index (χ1) is 15.3. The van der Waals surface area contributed by atoms with Gasteiger partial charge in [0.15, 0.2) is 0 Å². The zero-order chi connectivity index (χ0) is 22.9. The van der Waals surface area contributed by atoms with Gasteiger partial charge in [-0.3, -0.25) is 9.59 Å². The fourth-order valence-electron chi connectivity index (χ4n) is 4.53. The topological polar surface area (TPSA) is 86.8 Å². The summed E-state index contributed by atoms with van der Waals surface area (Å²) < 4.78 is 28.2. The van der Waals surface area contributed by atoms with E-state index in [4.69, 9.17) is 0 Å². The summed E-state index contributed by atoms with van der Waals surface area (Å²) in [5.74, 6) is -0.592. The summed E-state index contributed by atoms with van der Waals surface area (Å²) in [7, 11) is -3.73. The Hall–Kier alpha value is -2.71. The number of carbonyl (C=O) groups excluding carboxylic acids is 2. The van der Waals surface area contributed by atoms with E-state index in [9.17, 15) is 18.0 Å². The summed E-state index contributed by atoms with van der Waals surface area (Å²) in [6.07, 6.45) is 2.83. The smallest absolute Gasteiger partial charge is 0.243 e. The highest BCUT2D eigenvalue weighted by molar-refractivity contribution is 7.89. The van der Waals surface area contributed by atoms with E-state index in [2.05, 4.69) is 5.32 Å². The fourth-order valence-corrected chi connectivity index (χ4v) is 6.11. The summed E-state index contributed by atoms with van der Waals surface area (Å²) >= 11 is 0. The maximum atomic E-state index is 13.4.